The molecule has 1 fully saturated rings. The van der Waals surface area contributed by atoms with E-state index in [0.29, 0.717) is 18.4 Å². The monoisotopic (exact) mass is 361 g/mol. The molecule has 7 heteroatoms. The number of rotatable bonds is 4. The lowest BCUT2D eigenvalue weighted by molar-refractivity contribution is -0.151. The van der Waals surface area contributed by atoms with E-state index >= 15 is 0 Å². The van der Waals surface area contributed by atoms with Gasteiger partial charge in [0.25, 0.3) is 5.91 Å². The van der Waals surface area contributed by atoms with Crippen LogP contribution in [0.25, 0.3) is 5.13 Å². The lowest BCUT2D eigenvalue weighted by Crippen LogP contribution is -2.56. The van der Waals surface area contributed by atoms with Crippen LogP contribution in [0.1, 0.15) is 53.8 Å². The maximum atomic E-state index is 13.1. The topological polar surface area (TPSA) is 75.4 Å². The predicted molar refractivity (Wildman–Crippen MR) is 96.5 cm³/mol. The summed E-state index contributed by atoms with van der Waals surface area (Å²) in [7, 11) is 1.62. The fourth-order valence-corrected chi connectivity index (χ4v) is 4.56. The molecule has 1 aliphatic carbocycles. The fourth-order valence-electron chi connectivity index (χ4n) is 3.80. The van der Waals surface area contributed by atoms with Gasteiger partial charge >= 0.3 is 5.97 Å². The molecule has 3 rings (SSSR count). The summed E-state index contributed by atoms with van der Waals surface area (Å²) in [5.74, 6) is -1.14. The van der Waals surface area contributed by atoms with Crippen molar-refractivity contribution in [3.05, 3.63) is 34.6 Å². The molecule has 6 nitrogen and oxygen atoms in total. The Hall–Kier alpha value is -2.15. The Morgan fingerprint density at radius 1 is 1.28 bits per heavy atom. The summed E-state index contributed by atoms with van der Waals surface area (Å²) in [6.07, 6.45) is 5.44. The number of hydrogen-bond acceptors (Lipinski definition) is 4. The smallest absolute Gasteiger partial charge is 0.329 e. The number of nitrogens with zero attached hydrogens (tertiary/aromatic N) is 3. The van der Waals surface area contributed by atoms with E-state index in [0.717, 1.165) is 35.8 Å². The van der Waals surface area contributed by atoms with Gasteiger partial charge in [0.1, 0.15) is 5.54 Å². The van der Waals surface area contributed by atoms with Crippen molar-refractivity contribution in [1.29, 1.82) is 0 Å². The van der Waals surface area contributed by atoms with Crippen LogP contribution in [0.2, 0.25) is 0 Å². The number of carboxylic acid groups (broad SMARTS) is 1. The van der Waals surface area contributed by atoms with Crippen molar-refractivity contribution in [3.63, 3.8) is 0 Å². The Kier molecular flexibility index (Phi) is 4.69. The second kappa shape index (κ2) is 6.63. The molecule has 1 aliphatic rings. The van der Waals surface area contributed by atoms with Crippen LogP contribution in [-0.4, -0.2) is 44.0 Å². The van der Waals surface area contributed by atoms with E-state index in [9.17, 15) is 14.7 Å². The molecule has 0 atom stereocenters. The molecule has 1 saturated carbocycles. The summed E-state index contributed by atoms with van der Waals surface area (Å²) in [5.41, 5.74) is 1.15. The number of aliphatic carboxylic acids is 1. The van der Waals surface area contributed by atoms with Gasteiger partial charge in [-0.15, -0.1) is 11.3 Å². The minimum absolute atomic E-state index is 0.236. The highest BCUT2D eigenvalue weighted by Gasteiger charge is 2.46. The van der Waals surface area contributed by atoms with Gasteiger partial charge in [-0.1, -0.05) is 19.3 Å². The lowest BCUT2D eigenvalue weighted by Gasteiger charge is -2.41. The molecule has 0 radical (unpaired) electrons. The molecule has 2 aromatic heterocycles. The second-order valence-electron chi connectivity index (χ2n) is 6.70. The average molecular weight is 361 g/mol. The van der Waals surface area contributed by atoms with Gasteiger partial charge in [-0.3, -0.25) is 9.36 Å². The summed E-state index contributed by atoms with van der Waals surface area (Å²) in [5, 5.41) is 12.5. The number of carbonyl (C=O) groups is 2. The highest BCUT2D eigenvalue weighted by Crippen LogP contribution is 2.35. The minimum atomic E-state index is -1.10. The third-order valence-corrected chi connectivity index (χ3v) is 6.05. The first kappa shape index (κ1) is 17.7. The molecule has 0 bridgehead atoms. The Balaban J connectivity index is 1.98. The Morgan fingerprint density at radius 3 is 2.52 bits per heavy atom. The fraction of sp³-hybridized carbons (Fsp3) is 0.500. The summed E-state index contributed by atoms with van der Waals surface area (Å²) < 4.78 is 1.94. The van der Waals surface area contributed by atoms with E-state index in [-0.39, 0.29) is 5.91 Å². The number of thiazole rings is 1. The number of aromatic nitrogens is 2. The lowest BCUT2D eigenvalue weighted by atomic mass is 9.80. The van der Waals surface area contributed by atoms with E-state index < -0.39 is 11.5 Å². The summed E-state index contributed by atoms with van der Waals surface area (Å²) >= 11 is 1.50. The maximum absolute atomic E-state index is 13.1. The van der Waals surface area contributed by atoms with E-state index in [4.69, 9.17) is 0 Å². The number of aryl methyl sites for hydroxylation is 1. The Bertz CT molecular complexity index is 789. The van der Waals surface area contributed by atoms with Crippen LogP contribution < -0.4 is 0 Å². The molecule has 0 spiro atoms. The molecule has 0 saturated heterocycles. The van der Waals surface area contributed by atoms with Gasteiger partial charge in [-0.05, 0) is 32.8 Å². The summed E-state index contributed by atoms with van der Waals surface area (Å²) in [4.78, 5) is 30.9. The van der Waals surface area contributed by atoms with Gasteiger partial charge in [-0.2, -0.15) is 0 Å². The van der Waals surface area contributed by atoms with Crippen LogP contribution in [0, 0.1) is 13.8 Å². The third-order valence-electron chi connectivity index (χ3n) is 5.30. The van der Waals surface area contributed by atoms with Crippen LogP contribution in [0.15, 0.2) is 17.6 Å². The summed E-state index contributed by atoms with van der Waals surface area (Å²) in [6, 6.07) is 1.83. The average Bonchev–Trinajstić information content (AvgIpc) is 3.21. The Labute approximate surface area is 151 Å². The molecule has 0 aromatic carbocycles. The molecule has 0 unspecified atom stereocenters. The third kappa shape index (κ3) is 2.86. The molecule has 1 N–H and O–H groups in total. The van der Waals surface area contributed by atoms with Crippen LogP contribution >= 0.6 is 11.3 Å². The molecule has 2 heterocycles. The number of hydrogen-bond donors (Lipinski definition) is 1. The van der Waals surface area contributed by atoms with Gasteiger partial charge in [-0.25, -0.2) is 9.78 Å². The number of carbonyl (C=O) groups excluding carboxylic acids is 1. The zero-order chi connectivity index (χ0) is 18.2. The van der Waals surface area contributed by atoms with Crippen LogP contribution in [0.5, 0.6) is 0 Å². The number of carboxylic acids is 1. The van der Waals surface area contributed by atoms with Gasteiger partial charge in [0.2, 0.25) is 0 Å². The van der Waals surface area contributed by atoms with Gasteiger partial charge in [0.05, 0.1) is 5.56 Å². The Morgan fingerprint density at radius 2 is 1.96 bits per heavy atom. The highest BCUT2D eigenvalue weighted by molar-refractivity contribution is 7.12. The molecule has 2 aromatic rings. The minimum Gasteiger partial charge on any atom is -0.479 e. The van der Waals surface area contributed by atoms with Crippen molar-refractivity contribution in [1.82, 2.24) is 14.5 Å². The quantitative estimate of drug-likeness (QED) is 0.905. The van der Waals surface area contributed by atoms with Crippen molar-refractivity contribution in [2.24, 2.45) is 0 Å². The zero-order valence-electron chi connectivity index (χ0n) is 14.8. The second-order valence-corrected chi connectivity index (χ2v) is 7.57. The first-order valence-electron chi connectivity index (χ1n) is 8.49. The number of amides is 1. The molecular formula is C18H23N3O3S. The molecule has 134 valence electrons. The largest absolute Gasteiger partial charge is 0.479 e. The zero-order valence-corrected chi connectivity index (χ0v) is 15.6. The van der Waals surface area contributed by atoms with Crippen LogP contribution in [-0.2, 0) is 4.79 Å². The van der Waals surface area contributed by atoms with Crippen molar-refractivity contribution < 1.29 is 14.7 Å². The van der Waals surface area contributed by atoms with Crippen molar-refractivity contribution in [3.8, 4) is 5.13 Å². The van der Waals surface area contributed by atoms with Crippen LogP contribution in [0.3, 0.4) is 0 Å². The van der Waals surface area contributed by atoms with Crippen LogP contribution in [0.4, 0.5) is 0 Å². The standard InChI is InChI=1S/C18H23N3O3S/c1-12-11-14(13(2)21(12)17-19-9-10-25-17)15(22)20(3)18(16(23)24)7-5-4-6-8-18/h9-11H,4-8H2,1-3H3,(H,23,24). The van der Waals surface area contributed by atoms with E-state index in [1.165, 1.54) is 16.2 Å². The van der Waals surface area contributed by atoms with E-state index in [1.807, 2.05) is 29.9 Å². The first-order chi connectivity index (χ1) is 11.9. The normalized spacial score (nSPS) is 16.6. The first-order valence-corrected chi connectivity index (χ1v) is 9.37. The predicted octanol–water partition coefficient (Wildman–Crippen LogP) is 3.41. The molecule has 25 heavy (non-hydrogen) atoms. The SMILES string of the molecule is Cc1cc(C(=O)N(C)C2(C(=O)O)CCCCC2)c(C)n1-c1nccs1. The van der Waals surface area contributed by atoms with E-state index in [2.05, 4.69) is 4.98 Å². The van der Waals surface area contributed by atoms with Gasteiger partial charge in [0, 0.05) is 30.0 Å². The van der Waals surface area contributed by atoms with Crippen molar-refractivity contribution in [2.75, 3.05) is 7.05 Å². The highest BCUT2D eigenvalue weighted by atomic mass is 32.1. The summed E-state index contributed by atoms with van der Waals surface area (Å²) in [6.45, 7) is 3.81. The molecular weight excluding hydrogens is 338 g/mol. The van der Waals surface area contributed by atoms with Crippen molar-refractivity contribution in [2.45, 2.75) is 51.5 Å². The molecule has 0 aliphatic heterocycles. The van der Waals surface area contributed by atoms with E-state index in [1.54, 1.807) is 13.2 Å². The maximum Gasteiger partial charge on any atom is 0.329 e. The van der Waals surface area contributed by atoms with Crippen molar-refractivity contribution >= 4 is 23.2 Å². The number of likely N-dealkylation sites (N-methyl/N-ethyl adjacent to an activating group) is 1. The van der Waals surface area contributed by atoms with Gasteiger partial charge in [0.15, 0.2) is 5.13 Å². The van der Waals surface area contributed by atoms with Gasteiger partial charge < -0.3 is 10.0 Å². The molecule has 1 amide bonds.